The lowest BCUT2D eigenvalue weighted by molar-refractivity contribution is -0.115. The summed E-state index contributed by atoms with van der Waals surface area (Å²) in [5, 5.41) is 13.5. The minimum absolute atomic E-state index is 0.278. The van der Waals surface area contributed by atoms with E-state index in [1.54, 1.807) is 7.11 Å². The summed E-state index contributed by atoms with van der Waals surface area (Å²) in [7, 11) is 1.56. The highest BCUT2D eigenvalue weighted by atomic mass is 35.5. The van der Waals surface area contributed by atoms with E-state index in [-0.39, 0.29) is 5.02 Å². The van der Waals surface area contributed by atoms with E-state index in [0.29, 0.717) is 25.1 Å². The zero-order valence-electron chi connectivity index (χ0n) is 7.68. The molecule has 0 aliphatic heterocycles. The molecule has 5 nitrogen and oxygen atoms in total. The predicted octanol–water partition coefficient (Wildman–Crippen LogP) is 0.415. The van der Waals surface area contributed by atoms with Crippen molar-refractivity contribution >= 4 is 17.9 Å². The van der Waals surface area contributed by atoms with Gasteiger partial charge >= 0.3 is 0 Å². The van der Waals surface area contributed by atoms with Crippen LogP contribution in [0.1, 0.15) is 11.8 Å². The molecule has 0 radical (unpaired) electrons. The van der Waals surface area contributed by atoms with Gasteiger partial charge < -0.3 is 14.6 Å². The van der Waals surface area contributed by atoms with Crippen LogP contribution >= 0.6 is 11.6 Å². The van der Waals surface area contributed by atoms with E-state index in [1.165, 1.54) is 10.9 Å². The Balaban J connectivity index is 2.87. The number of carbonyl (C=O) groups is 1. The van der Waals surface area contributed by atoms with E-state index in [1.807, 2.05) is 0 Å². The van der Waals surface area contributed by atoms with Gasteiger partial charge in [0.2, 0.25) is 0 Å². The molecule has 0 fully saturated rings. The molecule has 0 amide bonds. The molecule has 1 aromatic heterocycles. The quantitative estimate of drug-likeness (QED) is 0.728. The monoisotopic (exact) mass is 218 g/mol. The molecule has 1 aromatic rings. The van der Waals surface area contributed by atoms with Crippen molar-refractivity contribution in [2.24, 2.45) is 0 Å². The standard InChI is InChI=1S/C8H11ClN2O3/c1-14-3-2-11-8(7(13)5-12)6(9)4-10-11/h4-5,7,13H,2-3H2,1H3. The van der Waals surface area contributed by atoms with Crippen molar-refractivity contribution in [2.75, 3.05) is 13.7 Å². The number of rotatable bonds is 5. The van der Waals surface area contributed by atoms with Crippen LogP contribution in [0.5, 0.6) is 0 Å². The van der Waals surface area contributed by atoms with E-state index in [0.717, 1.165) is 0 Å². The maximum Gasteiger partial charge on any atom is 0.154 e. The number of methoxy groups -OCH3 is 1. The molecule has 0 aliphatic carbocycles. The Kier molecular flexibility index (Phi) is 4.06. The number of hydrogen-bond donors (Lipinski definition) is 1. The molecular weight excluding hydrogens is 208 g/mol. The largest absolute Gasteiger partial charge is 0.383 e. The van der Waals surface area contributed by atoms with Crippen molar-refractivity contribution in [1.82, 2.24) is 9.78 Å². The van der Waals surface area contributed by atoms with Gasteiger partial charge in [0.15, 0.2) is 12.4 Å². The Bertz CT molecular complexity index is 314. The van der Waals surface area contributed by atoms with E-state index in [9.17, 15) is 9.90 Å². The van der Waals surface area contributed by atoms with Crippen LogP contribution in [-0.2, 0) is 16.1 Å². The number of hydrogen-bond acceptors (Lipinski definition) is 4. The first kappa shape index (κ1) is 11.2. The molecule has 78 valence electrons. The van der Waals surface area contributed by atoms with E-state index in [4.69, 9.17) is 16.3 Å². The fourth-order valence-electron chi connectivity index (χ4n) is 1.09. The van der Waals surface area contributed by atoms with Crippen molar-refractivity contribution in [3.63, 3.8) is 0 Å². The number of halogens is 1. The van der Waals surface area contributed by atoms with Gasteiger partial charge in [-0.3, -0.25) is 4.68 Å². The van der Waals surface area contributed by atoms with Gasteiger partial charge in [0.05, 0.1) is 30.1 Å². The molecule has 1 atom stereocenters. The first-order chi connectivity index (χ1) is 6.70. The van der Waals surface area contributed by atoms with Crippen molar-refractivity contribution in [3.05, 3.63) is 16.9 Å². The van der Waals surface area contributed by atoms with Crippen LogP contribution in [0, 0.1) is 0 Å². The molecule has 0 aliphatic rings. The smallest absolute Gasteiger partial charge is 0.154 e. The molecule has 1 rings (SSSR count). The SMILES string of the molecule is COCCn1ncc(Cl)c1C(O)C=O. The number of nitrogens with zero attached hydrogens (tertiary/aromatic N) is 2. The zero-order valence-corrected chi connectivity index (χ0v) is 8.44. The number of aldehydes is 1. The molecule has 0 bridgehead atoms. The lowest BCUT2D eigenvalue weighted by Gasteiger charge is -2.08. The molecule has 0 aromatic carbocycles. The average Bonchev–Trinajstić information content (AvgIpc) is 2.55. The first-order valence-corrected chi connectivity index (χ1v) is 4.42. The van der Waals surface area contributed by atoms with Crippen LogP contribution in [0.3, 0.4) is 0 Å². The normalized spacial score (nSPS) is 12.8. The number of carbonyl (C=O) groups excluding carboxylic acids is 1. The third-order valence-electron chi connectivity index (χ3n) is 1.75. The average molecular weight is 219 g/mol. The zero-order chi connectivity index (χ0) is 10.6. The highest BCUT2D eigenvalue weighted by Crippen LogP contribution is 2.21. The number of ether oxygens (including phenoxy) is 1. The van der Waals surface area contributed by atoms with Crippen molar-refractivity contribution in [1.29, 1.82) is 0 Å². The second-order valence-electron chi connectivity index (χ2n) is 2.67. The fraction of sp³-hybridized carbons (Fsp3) is 0.500. The van der Waals surface area contributed by atoms with Crippen LogP contribution < -0.4 is 0 Å². The van der Waals surface area contributed by atoms with E-state index in [2.05, 4.69) is 5.10 Å². The molecule has 1 heterocycles. The Morgan fingerprint density at radius 2 is 2.57 bits per heavy atom. The molecule has 0 spiro atoms. The minimum atomic E-state index is -1.23. The van der Waals surface area contributed by atoms with Crippen LogP contribution in [-0.4, -0.2) is 34.9 Å². The van der Waals surface area contributed by atoms with Gasteiger partial charge in [0.25, 0.3) is 0 Å². The molecule has 1 unspecified atom stereocenters. The summed E-state index contributed by atoms with van der Waals surface area (Å²) in [6, 6.07) is 0. The number of aromatic nitrogens is 2. The van der Waals surface area contributed by atoms with Gasteiger partial charge in [-0.25, -0.2) is 0 Å². The summed E-state index contributed by atoms with van der Waals surface area (Å²) in [6.07, 6.45) is 0.563. The summed E-state index contributed by atoms with van der Waals surface area (Å²) in [5.74, 6) is 0. The van der Waals surface area contributed by atoms with E-state index < -0.39 is 6.10 Å². The van der Waals surface area contributed by atoms with Gasteiger partial charge in [-0.1, -0.05) is 11.6 Å². The molecule has 6 heteroatoms. The third kappa shape index (κ3) is 2.31. The molecule has 0 saturated heterocycles. The Morgan fingerprint density at radius 3 is 3.14 bits per heavy atom. The minimum Gasteiger partial charge on any atom is -0.383 e. The van der Waals surface area contributed by atoms with Crippen LogP contribution in [0.2, 0.25) is 5.02 Å². The number of aliphatic hydroxyl groups is 1. The summed E-state index contributed by atoms with van der Waals surface area (Å²) in [6.45, 7) is 0.889. The lowest BCUT2D eigenvalue weighted by atomic mass is 10.3. The van der Waals surface area contributed by atoms with Crippen LogP contribution in [0.15, 0.2) is 6.20 Å². The molecule has 14 heavy (non-hydrogen) atoms. The fourth-order valence-corrected chi connectivity index (χ4v) is 1.34. The lowest BCUT2D eigenvalue weighted by Crippen LogP contribution is -2.13. The summed E-state index contributed by atoms with van der Waals surface area (Å²) in [5.41, 5.74) is 0.304. The summed E-state index contributed by atoms with van der Waals surface area (Å²) >= 11 is 5.75. The topological polar surface area (TPSA) is 64.3 Å². The Labute approximate surface area is 86.2 Å². The second kappa shape index (κ2) is 5.09. The van der Waals surface area contributed by atoms with Gasteiger partial charge in [0, 0.05) is 7.11 Å². The number of aliphatic hydroxyl groups excluding tert-OH is 1. The van der Waals surface area contributed by atoms with Crippen molar-refractivity contribution in [3.8, 4) is 0 Å². The summed E-state index contributed by atoms with van der Waals surface area (Å²) in [4.78, 5) is 10.4. The van der Waals surface area contributed by atoms with Gasteiger partial charge in [-0.2, -0.15) is 5.10 Å². The van der Waals surface area contributed by atoms with Crippen LogP contribution in [0.25, 0.3) is 0 Å². The maximum absolute atomic E-state index is 10.4. The summed E-state index contributed by atoms with van der Waals surface area (Å²) < 4.78 is 6.30. The highest BCUT2D eigenvalue weighted by molar-refractivity contribution is 6.31. The highest BCUT2D eigenvalue weighted by Gasteiger charge is 2.16. The van der Waals surface area contributed by atoms with Gasteiger partial charge in [-0.05, 0) is 0 Å². The van der Waals surface area contributed by atoms with E-state index >= 15 is 0 Å². The predicted molar refractivity (Wildman–Crippen MR) is 50.1 cm³/mol. The molecule has 0 saturated carbocycles. The Hall–Kier alpha value is -0.910. The maximum atomic E-state index is 10.4. The van der Waals surface area contributed by atoms with Crippen LogP contribution in [0.4, 0.5) is 0 Å². The van der Waals surface area contributed by atoms with Crippen molar-refractivity contribution in [2.45, 2.75) is 12.6 Å². The second-order valence-corrected chi connectivity index (χ2v) is 3.08. The van der Waals surface area contributed by atoms with Crippen molar-refractivity contribution < 1.29 is 14.6 Å². The Morgan fingerprint density at radius 1 is 1.86 bits per heavy atom. The molecule has 1 N–H and O–H groups in total. The van der Waals surface area contributed by atoms with Gasteiger partial charge in [0.1, 0.15) is 0 Å². The first-order valence-electron chi connectivity index (χ1n) is 4.04. The van der Waals surface area contributed by atoms with Gasteiger partial charge in [-0.15, -0.1) is 0 Å². The molecular formula is C8H11ClN2O3. The third-order valence-corrected chi connectivity index (χ3v) is 2.04.